The van der Waals surface area contributed by atoms with Gasteiger partial charge >= 0.3 is 0 Å². The van der Waals surface area contributed by atoms with Crippen LogP contribution in [-0.2, 0) is 6.42 Å². The minimum atomic E-state index is 0.474. The third-order valence-electron chi connectivity index (χ3n) is 3.78. The monoisotopic (exact) mass is 331 g/mol. The average molecular weight is 331 g/mol. The van der Waals surface area contributed by atoms with Gasteiger partial charge in [-0.3, -0.25) is 4.99 Å². The molecule has 1 aromatic heterocycles. The van der Waals surface area contributed by atoms with Gasteiger partial charge in [-0.1, -0.05) is 19.1 Å². The third-order valence-corrected chi connectivity index (χ3v) is 4.48. The number of aliphatic imine (C=N–C) groups is 1. The van der Waals surface area contributed by atoms with E-state index in [9.17, 15) is 0 Å². The van der Waals surface area contributed by atoms with Crippen LogP contribution in [0.15, 0.2) is 46.1 Å². The molecule has 0 radical (unpaired) electrons. The van der Waals surface area contributed by atoms with Gasteiger partial charge < -0.3 is 15.4 Å². The second-order valence-corrected chi connectivity index (χ2v) is 6.22. The molecule has 23 heavy (non-hydrogen) atoms. The standard InChI is InChI=1S/C18H25N3OS/c1-14(16-9-11-23-13-16)12-21-18(19-2)20-10-8-15-4-6-17(22-3)7-5-15/h4-7,9,11,13-14H,8,10,12H2,1-3H3,(H2,19,20,21). The highest BCUT2D eigenvalue weighted by Crippen LogP contribution is 2.17. The van der Waals surface area contributed by atoms with Crippen molar-refractivity contribution in [3.05, 3.63) is 52.2 Å². The van der Waals surface area contributed by atoms with E-state index in [0.717, 1.165) is 31.2 Å². The molecule has 5 heteroatoms. The fourth-order valence-electron chi connectivity index (χ4n) is 2.26. The lowest BCUT2D eigenvalue weighted by atomic mass is 10.1. The lowest BCUT2D eigenvalue weighted by Crippen LogP contribution is -2.39. The van der Waals surface area contributed by atoms with Crippen LogP contribution < -0.4 is 15.4 Å². The SMILES string of the molecule is CN=C(NCCc1ccc(OC)cc1)NCC(C)c1ccsc1. The first kappa shape index (κ1) is 17.3. The van der Waals surface area contributed by atoms with Crippen LogP contribution >= 0.6 is 11.3 Å². The summed E-state index contributed by atoms with van der Waals surface area (Å²) in [6.45, 7) is 3.94. The maximum absolute atomic E-state index is 5.17. The Balaban J connectivity index is 1.72. The summed E-state index contributed by atoms with van der Waals surface area (Å²) in [6.07, 6.45) is 0.949. The van der Waals surface area contributed by atoms with E-state index in [1.807, 2.05) is 12.1 Å². The fraction of sp³-hybridized carbons (Fsp3) is 0.389. The first-order chi connectivity index (χ1) is 11.2. The van der Waals surface area contributed by atoms with Gasteiger partial charge in [-0.25, -0.2) is 0 Å². The van der Waals surface area contributed by atoms with Crippen molar-refractivity contribution in [1.29, 1.82) is 0 Å². The zero-order valence-electron chi connectivity index (χ0n) is 14.0. The van der Waals surface area contributed by atoms with Crippen LogP contribution in [0.1, 0.15) is 24.0 Å². The lowest BCUT2D eigenvalue weighted by molar-refractivity contribution is 0.414. The highest BCUT2D eigenvalue weighted by Gasteiger charge is 2.06. The summed E-state index contributed by atoms with van der Waals surface area (Å²) >= 11 is 1.74. The van der Waals surface area contributed by atoms with Gasteiger partial charge in [-0.2, -0.15) is 11.3 Å². The molecule has 0 bridgehead atoms. The van der Waals surface area contributed by atoms with E-state index in [1.54, 1.807) is 25.5 Å². The third kappa shape index (κ3) is 5.60. The lowest BCUT2D eigenvalue weighted by Gasteiger charge is -2.15. The van der Waals surface area contributed by atoms with Crippen molar-refractivity contribution in [2.24, 2.45) is 4.99 Å². The van der Waals surface area contributed by atoms with Crippen molar-refractivity contribution >= 4 is 17.3 Å². The van der Waals surface area contributed by atoms with E-state index in [2.05, 4.69) is 51.5 Å². The molecule has 1 aromatic carbocycles. The van der Waals surface area contributed by atoms with Crippen LogP contribution in [0.3, 0.4) is 0 Å². The minimum Gasteiger partial charge on any atom is -0.497 e. The number of thiophene rings is 1. The van der Waals surface area contributed by atoms with Crippen molar-refractivity contribution in [2.75, 3.05) is 27.2 Å². The summed E-state index contributed by atoms with van der Waals surface area (Å²) in [5.74, 6) is 2.21. The van der Waals surface area contributed by atoms with Gasteiger partial charge in [0.05, 0.1) is 7.11 Å². The average Bonchev–Trinajstić information content (AvgIpc) is 3.13. The molecule has 2 rings (SSSR count). The molecule has 2 N–H and O–H groups in total. The van der Waals surface area contributed by atoms with Crippen molar-refractivity contribution in [3.8, 4) is 5.75 Å². The Hall–Kier alpha value is -2.01. The maximum Gasteiger partial charge on any atom is 0.191 e. The van der Waals surface area contributed by atoms with E-state index in [0.29, 0.717) is 5.92 Å². The van der Waals surface area contributed by atoms with Crippen LogP contribution in [0.4, 0.5) is 0 Å². The van der Waals surface area contributed by atoms with Gasteiger partial charge in [-0.05, 0) is 52.4 Å². The second kappa shape index (κ2) is 9.20. The number of ether oxygens (including phenoxy) is 1. The van der Waals surface area contributed by atoms with Crippen LogP contribution in [0, 0.1) is 0 Å². The number of benzene rings is 1. The predicted octanol–water partition coefficient (Wildman–Crippen LogP) is 3.27. The Bertz CT molecular complexity index is 593. The smallest absolute Gasteiger partial charge is 0.191 e. The number of nitrogens with one attached hydrogen (secondary N) is 2. The molecule has 0 aliphatic carbocycles. The summed E-state index contributed by atoms with van der Waals surface area (Å²) in [4.78, 5) is 4.28. The van der Waals surface area contributed by atoms with Crippen molar-refractivity contribution in [2.45, 2.75) is 19.3 Å². The van der Waals surface area contributed by atoms with E-state index in [4.69, 9.17) is 4.74 Å². The number of guanidine groups is 1. The Labute approximate surface area is 142 Å². The van der Waals surface area contributed by atoms with E-state index < -0.39 is 0 Å². The van der Waals surface area contributed by atoms with Crippen molar-refractivity contribution in [1.82, 2.24) is 10.6 Å². The highest BCUT2D eigenvalue weighted by molar-refractivity contribution is 7.07. The Morgan fingerprint density at radius 1 is 1.22 bits per heavy atom. The molecule has 0 saturated carbocycles. The summed E-state index contributed by atoms with van der Waals surface area (Å²) in [5.41, 5.74) is 2.65. The number of hydrogen-bond donors (Lipinski definition) is 2. The molecule has 0 saturated heterocycles. The van der Waals surface area contributed by atoms with Crippen molar-refractivity contribution in [3.63, 3.8) is 0 Å². The first-order valence-electron chi connectivity index (χ1n) is 7.82. The molecule has 1 unspecified atom stereocenters. The quantitative estimate of drug-likeness (QED) is 0.605. The molecule has 1 heterocycles. The van der Waals surface area contributed by atoms with Gasteiger partial charge in [-0.15, -0.1) is 0 Å². The summed E-state index contributed by atoms with van der Waals surface area (Å²) < 4.78 is 5.17. The number of rotatable bonds is 7. The van der Waals surface area contributed by atoms with Crippen LogP contribution in [0.5, 0.6) is 5.75 Å². The molecule has 0 spiro atoms. The van der Waals surface area contributed by atoms with Crippen LogP contribution in [0.2, 0.25) is 0 Å². The largest absolute Gasteiger partial charge is 0.497 e. The van der Waals surface area contributed by atoms with Gasteiger partial charge in [0.25, 0.3) is 0 Å². The zero-order valence-corrected chi connectivity index (χ0v) is 14.8. The second-order valence-electron chi connectivity index (χ2n) is 5.44. The summed E-state index contributed by atoms with van der Waals surface area (Å²) in [6, 6.07) is 10.3. The topological polar surface area (TPSA) is 45.7 Å². The fourth-order valence-corrected chi connectivity index (χ4v) is 3.04. The summed E-state index contributed by atoms with van der Waals surface area (Å²) in [7, 11) is 3.49. The number of methoxy groups -OCH3 is 1. The Morgan fingerprint density at radius 2 is 2.00 bits per heavy atom. The predicted molar refractivity (Wildman–Crippen MR) is 98.8 cm³/mol. The molecule has 0 fully saturated rings. The highest BCUT2D eigenvalue weighted by atomic mass is 32.1. The van der Waals surface area contributed by atoms with E-state index >= 15 is 0 Å². The van der Waals surface area contributed by atoms with Crippen molar-refractivity contribution < 1.29 is 4.74 Å². The molecular formula is C18H25N3OS. The van der Waals surface area contributed by atoms with Gasteiger partial charge in [0.15, 0.2) is 5.96 Å². The van der Waals surface area contributed by atoms with Gasteiger partial charge in [0, 0.05) is 20.1 Å². The van der Waals surface area contributed by atoms with Crippen LogP contribution in [0.25, 0.3) is 0 Å². The van der Waals surface area contributed by atoms with Crippen LogP contribution in [-0.4, -0.2) is 33.2 Å². The minimum absolute atomic E-state index is 0.474. The molecule has 124 valence electrons. The first-order valence-corrected chi connectivity index (χ1v) is 8.76. The molecular weight excluding hydrogens is 306 g/mol. The molecule has 0 aliphatic rings. The molecule has 0 amide bonds. The summed E-state index contributed by atoms with van der Waals surface area (Å²) in [5, 5.41) is 11.1. The molecule has 4 nitrogen and oxygen atoms in total. The molecule has 1 atom stereocenters. The van der Waals surface area contributed by atoms with E-state index in [1.165, 1.54) is 11.1 Å². The molecule has 2 aromatic rings. The van der Waals surface area contributed by atoms with E-state index in [-0.39, 0.29) is 0 Å². The maximum atomic E-state index is 5.17. The normalized spacial score (nSPS) is 12.7. The Kier molecular flexibility index (Phi) is 6.94. The number of hydrogen-bond acceptors (Lipinski definition) is 3. The number of nitrogens with zero attached hydrogens (tertiary/aromatic N) is 1. The Morgan fingerprint density at radius 3 is 2.61 bits per heavy atom. The molecule has 0 aliphatic heterocycles. The van der Waals surface area contributed by atoms with Gasteiger partial charge in [0.2, 0.25) is 0 Å². The van der Waals surface area contributed by atoms with Gasteiger partial charge in [0.1, 0.15) is 5.75 Å². The zero-order chi connectivity index (χ0) is 16.5.